The van der Waals surface area contributed by atoms with Crippen molar-refractivity contribution in [1.29, 1.82) is 0 Å². The third-order valence-corrected chi connectivity index (χ3v) is 6.28. The number of anilines is 3. The molecular weight excluding hydrogens is 370 g/mol. The first-order chi connectivity index (χ1) is 13.6. The van der Waals surface area contributed by atoms with E-state index in [1.807, 2.05) is 48.5 Å². The van der Waals surface area contributed by atoms with Crippen molar-refractivity contribution in [3.63, 3.8) is 0 Å². The smallest absolute Gasteiger partial charge is 0.232 e. The van der Waals surface area contributed by atoms with Crippen LogP contribution in [0.15, 0.2) is 72.9 Å². The molecule has 144 valence electrons. The number of sulfonamides is 1. The minimum absolute atomic E-state index is 0.0865. The van der Waals surface area contributed by atoms with Crippen molar-refractivity contribution in [2.75, 3.05) is 21.9 Å². The summed E-state index contributed by atoms with van der Waals surface area (Å²) in [7, 11) is -3.39. The zero-order valence-corrected chi connectivity index (χ0v) is 16.4. The van der Waals surface area contributed by atoms with Gasteiger partial charge in [0.2, 0.25) is 10.0 Å². The lowest BCUT2D eigenvalue weighted by atomic mass is 10.1. The van der Waals surface area contributed by atoms with Gasteiger partial charge in [-0.25, -0.2) is 13.4 Å². The topological polar surface area (TPSA) is 62.3 Å². The van der Waals surface area contributed by atoms with E-state index < -0.39 is 10.0 Å². The number of benzene rings is 2. The SMILES string of the molecule is O=S(=O)(CCCc1ccccc1)Nc1ccc(N2CCc3ccccc32)nc1. The highest BCUT2D eigenvalue weighted by Crippen LogP contribution is 2.33. The first kappa shape index (κ1) is 18.5. The average molecular weight is 394 g/mol. The Morgan fingerprint density at radius 2 is 1.75 bits per heavy atom. The maximum Gasteiger partial charge on any atom is 0.232 e. The van der Waals surface area contributed by atoms with Gasteiger partial charge in [0, 0.05) is 12.2 Å². The predicted octanol–water partition coefficient (Wildman–Crippen LogP) is 4.15. The van der Waals surface area contributed by atoms with E-state index in [1.165, 1.54) is 11.3 Å². The van der Waals surface area contributed by atoms with Crippen LogP contribution in [0.1, 0.15) is 17.5 Å². The molecule has 0 unspecified atom stereocenters. The molecule has 1 aromatic heterocycles. The molecule has 4 rings (SSSR count). The Kier molecular flexibility index (Phi) is 5.30. The van der Waals surface area contributed by atoms with Gasteiger partial charge in [-0.3, -0.25) is 4.72 Å². The minimum atomic E-state index is -3.39. The highest BCUT2D eigenvalue weighted by atomic mass is 32.2. The van der Waals surface area contributed by atoms with Crippen LogP contribution in [-0.2, 0) is 22.9 Å². The van der Waals surface area contributed by atoms with Crippen LogP contribution >= 0.6 is 0 Å². The van der Waals surface area contributed by atoms with Crippen LogP contribution < -0.4 is 9.62 Å². The molecule has 0 spiro atoms. The molecule has 2 aromatic carbocycles. The summed E-state index contributed by atoms with van der Waals surface area (Å²) in [4.78, 5) is 6.63. The molecule has 6 heteroatoms. The van der Waals surface area contributed by atoms with Gasteiger partial charge in [0.05, 0.1) is 17.6 Å². The number of nitrogens with one attached hydrogen (secondary N) is 1. The van der Waals surface area contributed by atoms with Crippen LogP contribution in [0, 0.1) is 0 Å². The normalized spacial score (nSPS) is 13.4. The molecule has 0 bridgehead atoms. The molecule has 0 fully saturated rings. The molecule has 1 aliphatic heterocycles. The van der Waals surface area contributed by atoms with Gasteiger partial charge in [-0.05, 0) is 48.6 Å². The van der Waals surface area contributed by atoms with Crippen molar-refractivity contribution in [2.45, 2.75) is 19.3 Å². The van der Waals surface area contributed by atoms with E-state index in [0.717, 1.165) is 30.8 Å². The van der Waals surface area contributed by atoms with Gasteiger partial charge < -0.3 is 4.90 Å². The largest absolute Gasteiger partial charge is 0.326 e. The highest BCUT2D eigenvalue weighted by Gasteiger charge is 2.20. The first-order valence-corrected chi connectivity index (χ1v) is 11.1. The summed E-state index contributed by atoms with van der Waals surface area (Å²) in [5.41, 5.74) is 4.13. The maximum absolute atomic E-state index is 12.3. The molecule has 1 aliphatic rings. The second-order valence-electron chi connectivity index (χ2n) is 6.95. The molecule has 1 N–H and O–H groups in total. The third-order valence-electron chi connectivity index (χ3n) is 4.91. The number of nitrogens with zero attached hydrogens (tertiary/aromatic N) is 2. The van der Waals surface area contributed by atoms with Crippen molar-refractivity contribution >= 4 is 27.2 Å². The molecule has 0 atom stereocenters. The predicted molar refractivity (Wildman–Crippen MR) is 114 cm³/mol. The standard InChI is InChI=1S/C22H23N3O2S/c26-28(27,16-6-9-18-7-2-1-3-8-18)24-20-12-13-22(23-17-20)25-15-14-19-10-4-5-11-21(19)25/h1-5,7-8,10-13,17,24H,6,9,14-16H2. The van der Waals surface area contributed by atoms with E-state index in [-0.39, 0.29) is 5.75 Å². The van der Waals surface area contributed by atoms with E-state index in [4.69, 9.17) is 0 Å². The molecule has 0 aliphatic carbocycles. The molecule has 2 heterocycles. The maximum atomic E-state index is 12.3. The Morgan fingerprint density at radius 1 is 0.964 bits per heavy atom. The summed E-state index contributed by atoms with van der Waals surface area (Å²) in [5, 5.41) is 0. The van der Waals surface area contributed by atoms with E-state index in [1.54, 1.807) is 12.3 Å². The molecule has 0 radical (unpaired) electrons. The van der Waals surface area contributed by atoms with Crippen LogP contribution in [0.25, 0.3) is 0 Å². The van der Waals surface area contributed by atoms with Gasteiger partial charge >= 0.3 is 0 Å². The average Bonchev–Trinajstić information content (AvgIpc) is 3.13. The fourth-order valence-corrected chi connectivity index (χ4v) is 4.63. The Bertz CT molecular complexity index is 1030. The number of pyridine rings is 1. The van der Waals surface area contributed by atoms with Crippen LogP contribution in [0.2, 0.25) is 0 Å². The summed E-state index contributed by atoms with van der Waals surface area (Å²) in [5.74, 6) is 0.917. The third kappa shape index (κ3) is 4.34. The number of aromatic nitrogens is 1. The molecule has 0 amide bonds. The van der Waals surface area contributed by atoms with Gasteiger partial charge in [-0.15, -0.1) is 0 Å². The minimum Gasteiger partial charge on any atom is -0.326 e. The summed E-state index contributed by atoms with van der Waals surface area (Å²) in [6.45, 7) is 0.886. The lowest BCUT2D eigenvalue weighted by Gasteiger charge is -2.18. The van der Waals surface area contributed by atoms with Gasteiger partial charge in [-0.1, -0.05) is 48.5 Å². The van der Waals surface area contributed by atoms with Gasteiger partial charge in [-0.2, -0.15) is 0 Å². The number of para-hydroxylation sites is 1. The number of hydrogen-bond donors (Lipinski definition) is 1. The van der Waals surface area contributed by atoms with Crippen molar-refractivity contribution in [3.05, 3.63) is 84.1 Å². The van der Waals surface area contributed by atoms with E-state index in [0.29, 0.717) is 12.1 Å². The van der Waals surface area contributed by atoms with Gasteiger partial charge in [0.15, 0.2) is 0 Å². The quantitative estimate of drug-likeness (QED) is 0.655. The second kappa shape index (κ2) is 8.02. The second-order valence-corrected chi connectivity index (χ2v) is 8.79. The van der Waals surface area contributed by atoms with E-state index >= 15 is 0 Å². The van der Waals surface area contributed by atoms with Gasteiger partial charge in [0.25, 0.3) is 0 Å². The Hall–Kier alpha value is -2.86. The molecule has 0 saturated carbocycles. The summed E-state index contributed by atoms with van der Waals surface area (Å²) in [6, 6.07) is 21.9. The fourth-order valence-electron chi connectivity index (χ4n) is 3.52. The first-order valence-electron chi connectivity index (χ1n) is 9.47. The lowest BCUT2D eigenvalue weighted by molar-refractivity contribution is 0.598. The Morgan fingerprint density at radius 3 is 2.54 bits per heavy atom. The number of rotatable bonds is 7. The van der Waals surface area contributed by atoms with Crippen molar-refractivity contribution in [1.82, 2.24) is 4.98 Å². The molecular formula is C22H23N3O2S. The van der Waals surface area contributed by atoms with Crippen LogP contribution in [0.4, 0.5) is 17.2 Å². The Labute approximate surface area is 166 Å². The number of aryl methyl sites for hydroxylation is 1. The van der Waals surface area contributed by atoms with Crippen molar-refractivity contribution in [3.8, 4) is 0 Å². The summed E-state index contributed by atoms with van der Waals surface area (Å²) < 4.78 is 27.3. The van der Waals surface area contributed by atoms with E-state index in [9.17, 15) is 8.42 Å². The highest BCUT2D eigenvalue weighted by molar-refractivity contribution is 7.92. The van der Waals surface area contributed by atoms with Crippen LogP contribution in [0.3, 0.4) is 0 Å². The summed E-state index contributed by atoms with van der Waals surface area (Å²) in [6.07, 6.45) is 3.90. The zero-order valence-electron chi connectivity index (χ0n) is 15.6. The molecule has 5 nitrogen and oxygen atoms in total. The van der Waals surface area contributed by atoms with E-state index in [2.05, 4.69) is 26.7 Å². The molecule has 3 aromatic rings. The number of hydrogen-bond acceptors (Lipinski definition) is 4. The fraction of sp³-hybridized carbons (Fsp3) is 0.227. The van der Waals surface area contributed by atoms with Gasteiger partial charge in [0.1, 0.15) is 5.82 Å². The van der Waals surface area contributed by atoms with Crippen LogP contribution in [-0.4, -0.2) is 25.7 Å². The number of fused-ring (bicyclic) bond motifs is 1. The molecule has 0 saturated heterocycles. The van der Waals surface area contributed by atoms with Crippen molar-refractivity contribution < 1.29 is 8.42 Å². The lowest BCUT2D eigenvalue weighted by Crippen LogP contribution is -2.18. The molecule has 28 heavy (non-hydrogen) atoms. The van der Waals surface area contributed by atoms with Crippen molar-refractivity contribution in [2.24, 2.45) is 0 Å². The van der Waals surface area contributed by atoms with Crippen LogP contribution in [0.5, 0.6) is 0 Å². The Balaban J connectivity index is 1.36. The summed E-state index contributed by atoms with van der Waals surface area (Å²) >= 11 is 0. The monoisotopic (exact) mass is 393 g/mol. The zero-order chi connectivity index (χ0) is 19.4.